The molecule has 19 heavy (non-hydrogen) atoms. The molecule has 2 amide bonds. The van der Waals surface area contributed by atoms with Crippen LogP contribution < -0.4 is 5.32 Å². The smallest absolute Gasteiger partial charge is 0.235 e. The Hall–Kier alpha value is -0.900. The Balaban J connectivity index is 1.98. The lowest BCUT2D eigenvalue weighted by atomic mass is 9.79. The van der Waals surface area contributed by atoms with E-state index in [-0.39, 0.29) is 17.2 Å². The molecule has 0 aromatic heterocycles. The van der Waals surface area contributed by atoms with E-state index < -0.39 is 0 Å². The minimum Gasteiger partial charge on any atom is -0.313 e. The highest BCUT2D eigenvalue weighted by Gasteiger charge is 2.50. The van der Waals surface area contributed by atoms with Crippen molar-refractivity contribution in [3.8, 4) is 0 Å². The molecule has 1 aliphatic heterocycles. The molecule has 0 unspecified atom stereocenters. The van der Waals surface area contributed by atoms with Crippen LogP contribution in [0.1, 0.15) is 58.8 Å². The van der Waals surface area contributed by atoms with Gasteiger partial charge >= 0.3 is 0 Å². The van der Waals surface area contributed by atoms with Crippen LogP contribution in [0.5, 0.6) is 0 Å². The maximum absolute atomic E-state index is 12.6. The van der Waals surface area contributed by atoms with Gasteiger partial charge in [0.05, 0.1) is 5.41 Å². The molecule has 2 rings (SSSR count). The molecule has 4 nitrogen and oxygen atoms in total. The topological polar surface area (TPSA) is 49.4 Å². The van der Waals surface area contributed by atoms with Gasteiger partial charge in [0.15, 0.2) is 0 Å². The van der Waals surface area contributed by atoms with E-state index in [2.05, 4.69) is 19.2 Å². The number of likely N-dealkylation sites (tertiary alicyclic amines) is 1. The lowest BCUT2D eigenvalue weighted by Gasteiger charge is -2.25. The predicted molar refractivity (Wildman–Crippen MR) is 74.6 cm³/mol. The Bertz CT molecular complexity index is 344. The second-order valence-electron chi connectivity index (χ2n) is 6.33. The molecular formula is C15H26N2O2. The summed E-state index contributed by atoms with van der Waals surface area (Å²) < 4.78 is 0. The first-order valence-electron chi connectivity index (χ1n) is 7.63. The fraction of sp³-hybridized carbons (Fsp3) is 0.867. The van der Waals surface area contributed by atoms with Crippen LogP contribution in [0.2, 0.25) is 0 Å². The van der Waals surface area contributed by atoms with Gasteiger partial charge in [0.2, 0.25) is 11.8 Å². The minimum atomic E-state index is -0.342. The van der Waals surface area contributed by atoms with E-state index in [0.717, 1.165) is 25.7 Å². The van der Waals surface area contributed by atoms with Gasteiger partial charge in [-0.2, -0.15) is 0 Å². The highest BCUT2D eigenvalue weighted by Crippen LogP contribution is 2.44. The van der Waals surface area contributed by atoms with Gasteiger partial charge < -0.3 is 5.32 Å². The van der Waals surface area contributed by atoms with Crippen LogP contribution >= 0.6 is 0 Å². The zero-order valence-corrected chi connectivity index (χ0v) is 12.2. The molecule has 1 saturated heterocycles. The first-order valence-corrected chi connectivity index (χ1v) is 7.63. The second-order valence-corrected chi connectivity index (χ2v) is 6.33. The number of amides is 2. The van der Waals surface area contributed by atoms with E-state index in [1.54, 1.807) is 0 Å². The van der Waals surface area contributed by atoms with E-state index >= 15 is 0 Å². The monoisotopic (exact) mass is 266 g/mol. The van der Waals surface area contributed by atoms with Crippen LogP contribution in [0.3, 0.4) is 0 Å². The van der Waals surface area contributed by atoms with Gasteiger partial charge in [-0.3, -0.25) is 14.5 Å². The molecule has 1 saturated carbocycles. The van der Waals surface area contributed by atoms with Crippen molar-refractivity contribution in [2.75, 3.05) is 13.1 Å². The summed E-state index contributed by atoms with van der Waals surface area (Å²) >= 11 is 0. The third kappa shape index (κ3) is 3.16. The zero-order valence-electron chi connectivity index (χ0n) is 12.2. The first-order chi connectivity index (χ1) is 9.05. The molecule has 0 atom stereocenters. The van der Waals surface area contributed by atoms with E-state index in [1.807, 2.05) is 0 Å². The number of rotatable bonds is 4. The van der Waals surface area contributed by atoms with Crippen molar-refractivity contribution >= 4 is 11.8 Å². The molecule has 1 N–H and O–H groups in total. The summed E-state index contributed by atoms with van der Waals surface area (Å²) in [5, 5.41) is 3.27. The van der Waals surface area contributed by atoms with Crippen molar-refractivity contribution in [1.29, 1.82) is 0 Å². The van der Waals surface area contributed by atoms with Crippen LogP contribution in [0.4, 0.5) is 0 Å². The van der Waals surface area contributed by atoms with Crippen molar-refractivity contribution in [2.24, 2.45) is 5.41 Å². The van der Waals surface area contributed by atoms with Crippen molar-refractivity contribution in [3.05, 3.63) is 0 Å². The van der Waals surface area contributed by atoms with E-state index in [9.17, 15) is 9.59 Å². The third-order valence-electron chi connectivity index (χ3n) is 4.44. The maximum Gasteiger partial charge on any atom is 0.235 e. The molecule has 0 bridgehead atoms. The largest absolute Gasteiger partial charge is 0.313 e. The van der Waals surface area contributed by atoms with Gasteiger partial charge in [0, 0.05) is 25.6 Å². The van der Waals surface area contributed by atoms with Gasteiger partial charge in [0.25, 0.3) is 0 Å². The molecule has 0 radical (unpaired) electrons. The maximum atomic E-state index is 12.6. The summed E-state index contributed by atoms with van der Waals surface area (Å²) in [7, 11) is 0. The SMILES string of the molecule is CC(C)NCCN1C(=O)CC2(CCCCCC2)C1=O. The number of imide groups is 1. The summed E-state index contributed by atoms with van der Waals surface area (Å²) in [6.45, 7) is 5.36. The van der Waals surface area contributed by atoms with Crippen molar-refractivity contribution < 1.29 is 9.59 Å². The number of nitrogens with one attached hydrogen (secondary N) is 1. The average molecular weight is 266 g/mol. The van der Waals surface area contributed by atoms with Crippen molar-refractivity contribution in [3.63, 3.8) is 0 Å². The van der Waals surface area contributed by atoms with Crippen LogP contribution in [-0.2, 0) is 9.59 Å². The summed E-state index contributed by atoms with van der Waals surface area (Å²) in [6.07, 6.45) is 6.87. The summed E-state index contributed by atoms with van der Waals surface area (Å²) in [6, 6.07) is 0.389. The van der Waals surface area contributed by atoms with E-state index in [1.165, 1.54) is 17.7 Å². The fourth-order valence-corrected chi connectivity index (χ4v) is 3.35. The Morgan fingerprint density at radius 3 is 2.37 bits per heavy atom. The van der Waals surface area contributed by atoms with E-state index in [0.29, 0.717) is 25.6 Å². The number of hydrogen-bond acceptors (Lipinski definition) is 3. The van der Waals surface area contributed by atoms with E-state index in [4.69, 9.17) is 0 Å². The Labute approximate surface area is 115 Å². The predicted octanol–water partition coefficient (Wildman–Crippen LogP) is 2.08. The van der Waals surface area contributed by atoms with Gasteiger partial charge in [-0.1, -0.05) is 39.5 Å². The number of carbonyl (C=O) groups excluding carboxylic acids is 2. The molecule has 0 aromatic carbocycles. The highest BCUT2D eigenvalue weighted by atomic mass is 16.2. The van der Waals surface area contributed by atoms with Crippen LogP contribution in [-0.4, -0.2) is 35.8 Å². The lowest BCUT2D eigenvalue weighted by molar-refractivity contribution is -0.141. The average Bonchev–Trinajstić information content (AvgIpc) is 2.55. The molecule has 0 aromatic rings. The van der Waals surface area contributed by atoms with Crippen molar-refractivity contribution in [2.45, 2.75) is 64.8 Å². The Morgan fingerprint density at radius 2 is 1.79 bits per heavy atom. The van der Waals surface area contributed by atoms with Gasteiger partial charge in [-0.05, 0) is 12.8 Å². The molecule has 4 heteroatoms. The van der Waals surface area contributed by atoms with Crippen LogP contribution in [0, 0.1) is 5.41 Å². The number of carbonyl (C=O) groups is 2. The van der Waals surface area contributed by atoms with Gasteiger partial charge in [-0.25, -0.2) is 0 Å². The Kier molecular flexibility index (Phi) is 4.61. The first kappa shape index (κ1) is 14.5. The molecule has 1 aliphatic carbocycles. The zero-order chi connectivity index (χ0) is 13.9. The molecule has 108 valence electrons. The summed E-state index contributed by atoms with van der Waals surface area (Å²) in [4.78, 5) is 26.2. The summed E-state index contributed by atoms with van der Waals surface area (Å²) in [5.74, 6) is 0.141. The standard InChI is InChI=1S/C15H26N2O2/c1-12(2)16-9-10-17-13(18)11-15(14(17)19)7-5-3-4-6-8-15/h12,16H,3-11H2,1-2H3. The quantitative estimate of drug-likeness (QED) is 0.793. The molecule has 2 fully saturated rings. The molecule has 1 heterocycles. The van der Waals surface area contributed by atoms with Crippen molar-refractivity contribution in [1.82, 2.24) is 10.2 Å². The normalized spacial score (nSPS) is 23.4. The molecule has 2 aliphatic rings. The third-order valence-corrected chi connectivity index (χ3v) is 4.44. The lowest BCUT2D eigenvalue weighted by Crippen LogP contribution is -2.40. The number of nitrogens with zero attached hydrogens (tertiary/aromatic N) is 1. The molecule has 1 spiro atoms. The molecular weight excluding hydrogens is 240 g/mol. The number of hydrogen-bond donors (Lipinski definition) is 1. The highest BCUT2D eigenvalue weighted by molar-refractivity contribution is 6.05. The summed E-state index contributed by atoms with van der Waals surface area (Å²) in [5.41, 5.74) is -0.342. The van der Waals surface area contributed by atoms with Crippen LogP contribution in [0.25, 0.3) is 0 Å². The van der Waals surface area contributed by atoms with Gasteiger partial charge in [-0.15, -0.1) is 0 Å². The van der Waals surface area contributed by atoms with Crippen LogP contribution in [0.15, 0.2) is 0 Å². The fourth-order valence-electron chi connectivity index (χ4n) is 3.35. The minimum absolute atomic E-state index is 0.0393. The second kappa shape index (κ2) is 6.04. The Morgan fingerprint density at radius 1 is 1.16 bits per heavy atom. The van der Waals surface area contributed by atoms with Gasteiger partial charge in [0.1, 0.15) is 0 Å².